The van der Waals surface area contributed by atoms with Crippen molar-refractivity contribution in [3.8, 4) is 0 Å². The fourth-order valence-electron chi connectivity index (χ4n) is 4.34. The Labute approximate surface area is 210 Å². The minimum Gasteiger partial charge on any atom is -0.338 e. The molecule has 0 atom stereocenters. The van der Waals surface area contributed by atoms with Crippen molar-refractivity contribution >= 4 is 29.6 Å². The number of benzene rings is 1. The van der Waals surface area contributed by atoms with Gasteiger partial charge in [-0.25, -0.2) is 14.4 Å². The van der Waals surface area contributed by atoms with Crippen LogP contribution in [0.5, 0.6) is 0 Å². The highest BCUT2D eigenvalue weighted by Crippen LogP contribution is 2.49. The Kier molecular flexibility index (Phi) is 7.23. The van der Waals surface area contributed by atoms with Crippen LogP contribution in [-0.2, 0) is 39.3 Å². The summed E-state index contributed by atoms with van der Waals surface area (Å²) in [5.74, 6) is -0.236. The summed E-state index contributed by atoms with van der Waals surface area (Å²) in [5, 5.41) is 7.26. The van der Waals surface area contributed by atoms with Crippen LogP contribution in [0.1, 0.15) is 46.0 Å². The van der Waals surface area contributed by atoms with Crippen LogP contribution < -0.4 is 0 Å². The second-order valence-corrected chi connectivity index (χ2v) is 8.98. The van der Waals surface area contributed by atoms with Gasteiger partial charge in [0.1, 0.15) is 11.4 Å². The van der Waals surface area contributed by atoms with Gasteiger partial charge < -0.3 is 9.80 Å². The number of carbonyl (C=O) groups is 2. The molecule has 36 heavy (non-hydrogen) atoms. The van der Waals surface area contributed by atoms with Gasteiger partial charge in [-0.1, -0.05) is 17.7 Å². The zero-order valence-electron chi connectivity index (χ0n) is 19.3. The van der Waals surface area contributed by atoms with E-state index in [4.69, 9.17) is 21.2 Å². The number of hydrogen-bond acceptors (Lipinski definition) is 7. The van der Waals surface area contributed by atoms with E-state index in [9.17, 15) is 14.0 Å². The number of aromatic nitrogens is 4. The summed E-state index contributed by atoms with van der Waals surface area (Å²) in [6.07, 6.45) is 5.85. The number of fused-ring (bicyclic) bond motifs is 1. The Bertz CT molecular complexity index is 1320. The van der Waals surface area contributed by atoms with Crippen molar-refractivity contribution in [2.24, 2.45) is 0 Å². The van der Waals surface area contributed by atoms with Crippen LogP contribution in [-0.4, -0.2) is 61.5 Å². The molecule has 12 heteroatoms. The number of aromatic amines is 1. The van der Waals surface area contributed by atoms with Crippen LogP contribution in [0, 0.1) is 5.82 Å². The van der Waals surface area contributed by atoms with Gasteiger partial charge >= 0.3 is 6.15 Å². The Balaban J connectivity index is 0.000000967. The summed E-state index contributed by atoms with van der Waals surface area (Å²) in [5.41, 5.74) is 2.03. The quantitative estimate of drug-likeness (QED) is 0.555. The Morgan fingerprint density at radius 2 is 1.94 bits per heavy atom. The largest absolute Gasteiger partial charge is 0.373 e. The van der Waals surface area contributed by atoms with Crippen molar-refractivity contribution in [3.05, 3.63) is 75.8 Å². The average Bonchev–Trinajstić information content (AvgIpc) is 3.59. The number of amides is 2. The van der Waals surface area contributed by atoms with Crippen molar-refractivity contribution in [1.82, 2.24) is 30.0 Å². The highest BCUT2D eigenvalue weighted by molar-refractivity contribution is 6.30. The van der Waals surface area contributed by atoms with E-state index in [1.165, 1.54) is 12.1 Å². The molecule has 0 unspecified atom stereocenters. The molecule has 1 fully saturated rings. The first kappa shape index (κ1) is 25.2. The van der Waals surface area contributed by atoms with E-state index in [1.54, 1.807) is 41.4 Å². The first-order valence-electron chi connectivity index (χ1n) is 11.1. The molecule has 0 radical (unpaired) electrons. The van der Waals surface area contributed by atoms with Crippen molar-refractivity contribution in [2.45, 2.75) is 37.8 Å². The number of halogens is 2. The average molecular weight is 513 g/mol. The van der Waals surface area contributed by atoms with Gasteiger partial charge in [0.25, 0.3) is 5.91 Å². The SMILES string of the molecule is CN(C(=O)c1n[nH]c2c1CN(C(=O)Cc1ccc(F)c(Cl)c1)CC2)C1(c2ncccn2)CC1.O=C=O. The van der Waals surface area contributed by atoms with Crippen LogP contribution in [0.15, 0.2) is 36.7 Å². The molecule has 1 aromatic carbocycles. The van der Waals surface area contributed by atoms with E-state index >= 15 is 0 Å². The first-order valence-corrected chi connectivity index (χ1v) is 11.5. The summed E-state index contributed by atoms with van der Waals surface area (Å²) in [4.78, 5) is 54.6. The molecule has 3 aromatic rings. The molecule has 1 aliphatic carbocycles. The molecular formula is C24H22ClFN6O4. The summed E-state index contributed by atoms with van der Waals surface area (Å²) in [6.45, 7) is 0.789. The van der Waals surface area contributed by atoms with E-state index < -0.39 is 11.4 Å². The fourth-order valence-corrected chi connectivity index (χ4v) is 4.54. The minimum atomic E-state index is -0.518. The number of H-pyrrole nitrogens is 1. The van der Waals surface area contributed by atoms with E-state index in [0.717, 1.165) is 24.1 Å². The van der Waals surface area contributed by atoms with Gasteiger partial charge in [0.2, 0.25) is 5.91 Å². The van der Waals surface area contributed by atoms with Gasteiger partial charge in [0.15, 0.2) is 11.5 Å². The number of carbonyl (C=O) groups excluding carboxylic acids is 4. The maximum absolute atomic E-state index is 13.4. The monoisotopic (exact) mass is 512 g/mol. The number of rotatable bonds is 5. The zero-order valence-corrected chi connectivity index (χ0v) is 20.1. The highest BCUT2D eigenvalue weighted by atomic mass is 35.5. The molecule has 1 saturated carbocycles. The smallest absolute Gasteiger partial charge is 0.338 e. The summed E-state index contributed by atoms with van der Waals surface area (Å²) in [7, 11) is 1.75. The van der Waals surface area contributed by atoms with Crippen LogP contribution in [0.3, 0.4) is 0 Å². The summed E-state index contributed by atoms with van der Waals surface area (Å²) in [6, 6.07) is 6.02. The minimum absolute atomic E-state index is 0.0108. The lowest BCUT2D eigenvalue weighted by molar-refractivity contribution is -0.191. The summed E-state index contributed by atoms with van der Waals surface area (Å²) >= 11 is 5.84. The molecule has 0 bridgehead atoms. The first-order chi connectivity index (χ1) is 17.3. The van der Waals surface area contributed by atoms with Gasteiger partial charge in [-0.05, 0) is 36.6 Å². The van der Waals surface area contributed by atoms with Crippen molar-refractivity contribution in [1.29, 1.82) is 0 Å². The zero-order chi connectivity index (χ0) is 25.9. The Morgan fingerprint density at radius 1 is 1.25 bits per heavy atom. The molecular weight excluding hydrogens is 491 g/mol. The lowest BCUT2D eigenvalue weighted by Crippen LogP contribution is -2.40. The maximum atomic E-state index is 13.4. The molecule has 1 N–H and O–H groups in total. The third-order valence-electron chi connectivity index (χ3n) is 6.48. The van der Waals surface area contributed by atoms with Gasteiger partial charge in [0.05, 0.1) is 11.4 Å². The second kappa shape index (κ2) is 10.3. The summed E-state index contributed by atoms with van der Waals surface area (Å²) < 4.78 is 13.4. The van der Waals surface area contributed by atoms with Crippen LogP contribution >= 0.6 is 11.6 Å². The molecule has 3 heterocycles. The lowest BCUT2D eigenvalue weighted by Gasteiger charge is -2.29. The molecule has 0 spiro atoms. The van der Waals surface area contributed by atoms with Gasteiger partial charge in [-0.2, -0.15) is 14.7 Å². The van der Waals surface area contributed by atoms with Crippen molar-refractivity contribution < 1.29 is 23.6 Å². The number of nitrogens with one attached hydrogen (secondary N) is 1. The second-order valence-electron chi connectivity index (χ2n) is 8.57. The van der Waals surface area contributed by atoms with Crippen LogP contribution in [0.4, 0.5) is 4.39 Å². The van der Waals surface area contributed by atoms with Crippen LogP contribution in [0.2, 0.25) is 5.02 Å². The Morgan fingerprint density at radius 3 is 2.58 bits per heavy atom. The lowest BCUT2D eigenvalue weighted by atomic mass is 10.0. The molecule has 0 saturated heterocycles. The third kappa shape index (κ3) is 4.89. The van der Waals surface area contributed by atoms with Crippen molar-refractivity contribution in [3.63, 3.8) is 0 Å². The molecule has 10 nitrogen and oxygen atoms in total. The third-order valence-corrected chi connectivity index (χ3v) is 6.77. The van der Waals surface area contributed by atoms with Gasteiger partial charge in [-0.15, -0.1) is 0 Å². The standard InChI is InChI=1S/C23H22ClFN6O2.CO2/c1-30(23(6-7-23)22-26-8-2-9-27-22)21(33)20-15-13-31(10-5-18(15)28-29-20)19(32)12-14-3-4-17(25)16(24)11-14;2-1-3/h2-4,8-9,11H,5-7,10,12-13H2,1H3,(H,28,29);. The molecule has 2 aliphatic rings. The Hall–Kier alpha value is -3.95. The normalized spacial score (nSPS) is 15.1. The number of hydrogen-bond donors (Lipinski definition) is 1. The van der Waals surface area contributed by atoms with E-state index in [-0.39, 0.29) is 36.0 Å². The van der Waals surface area contributed by atoms with E-state index in [0.29, 0.717) is 30.0 Å². The molecule has 186 valence electrons. The maximum Gasteiger partial charge on any atom is 0.373 e. The van der Waals surface area contributed by atoms with E-state index in [2.05, 4.69) is 20.2 Å². The van der Waals surface area contributed by atoms with Crippen molar-refractivity contribution in [2.75, 3.05) is 13.6 Å². The predicted octanol–water partition coefficient (Wildman–Crippen LogP) is 2.30. The number of nitrogens with zero attached hydrogens (tertiary/aromatic N) is 5. The highest BCUT2D eigenvalue weighted by Gasteiger charge is 2.53. The van der Waals surface area contributed by atoms with Gasteiger partial charge in [0, 0.05) is 50.2 Å². The van der Waals surface area contributed by atoms with Crippen LogP contribution in [0.25, 0.3) is 0 Å². The molecule has 5 rings (SSSR count). The van der Waals surface area contributed by atoms with Gasteiger partial charge in [-0.3, -0.25) is 14.7 Å². The van der Waals surface area contributed by atoms with E-state index in [1.807, 2.05) is 0 Å². The molecule has 2 amide bonds. The molecule has 1 aliphatic heterocycles. The fraction of sp³-hybridized carbons (Fsp3) is 0.333. The predicted molar refractivity (Wildman–Crippen MR) is 123 cm³/mol. The molecule has 2 aromatic heterocycles. The topological polar surface area (TPSA) is 129 Å².